The number of hydrogen-bond acceptors (Lipinski definition) is 3. The van der Waals surface area contributed by atoms with Crippen LogP contribution in [-0.2, 0) is 0 Å². The van der Waals surface area contributed by atoms with Crippen molar-refractivity contribution in [2.45, 2.75) is 31.3 Å². The van der Waals surface area contributed by atoms with Crippen molar-refractivity contribution in [1.82, 2.24) is 14.6 Å². The molecule has 4 rings (SSSR count). The maximum Gasteiger partial charge on any atom is 0.573 e. The van der Waals surface area contributed by atoms with Crippen LogP contribution in [0.5, 0.6) is 5.75 Å². The second kappa shape index (κ2) is 5.93. The lowest BCUT2D eigenvalue weighted by atomic mass is 10.0. The van der Waals surface area contributed by atoms with Crippen LogP contribution in [0.25, 0.3) is 5.65 Å². The summed E-state index contributed by atoms with van der Waals surface area (Å²) in [5.74, 6) is -1.97. The number of benzene rings is 1. The van der Waals surface area contributed by atoms with Crippen LogP contribution in [0.15, 0.2) is 36.7 Å². The van der Waals surface area contributed by atoms with Gasteiger partial charge in [0.05, 0.1) is 5.69 Å². The number of halogens is 5. The fourth-order valence-corrected chi connectivity index (χ4v) is 2.86. The average Bonchev–Trinajstić information content (AvgIpc) is 3.32. The first-order valence-corrected chi connectivity index (χ1v) is 7.84. The normalized spacial score (nSPS) is 16.0. The Morgan fingerprint density at radius 2 is 1.92 bits per heavy atom. The number of fused-ring (bicyclic) bond motifs is 1. The monoisotopic (exact) mass is 369 g/mol. The smallest absolute Gasteiger partial charge is 0.403 e. The Bertz CT molecular complexity index is 965. The van der Waals surface area contributed by atoms with Crippen molar-refractivity contribution in [3.8, 4) is 5.75 Å². The summed E-state index contributed by atoms with van der Waals surface area (Å²) in [6, 6.07) is 5.97. The molecule has 1 saturated carbocycles. The van der Waals surface area contributed by atoms with Gasteiger partial charge in [0.1, 0.15) is 6.33 Å². The van der Waals surface area contributed by atoms with Crippen LogP contribution >= 0.6 is 0 Å². The summed E-state index contributed by atoms with van der Waals surface area (Å²) < 4.78 is 70.5. The molecule has 0 N–H and O–H groups in total. The highest BCUT2D eigenvalue weighted by Crippen LogP contribution is 2.42. The van der Waals surface area contributed by atoms with Gasteiger partial charge in [0.2, 0.25) is 0 Å². The molecule has 4 nitrogen and oxygen atoms in total. The number of aromatic nitrogens is 3. The Labute approximate surface area is 144 Å². The van der Waals surface area contributed by atoms with Gasteiger partial charge < -0.3 is 4.74 Å². The molecule has 0 spiro atoms. The van der Waals surface area contributed by atoms with Crippen molar-refractivity contribution in [2.24, 2.45) is 0 Å². The van der Waals surface area contributed by atoms with Crippen LogP contribution in [0.2, 0.25) is 0 Å². The van der Waals surface area contributed by atoms with Crippen molar-refractivity contribution in [2.75, 3.05) is 0 Å². The number of pyridine rings is 1. The van der Waals surface area contributed by atoms with Crippen LogP contribution < -0.4 is 4.74 Å². The third-order valence-electron chi connectivity index (χ3n) is 4.21. The van der Waals surface area contributed by atoms with Gasteiger partial charge in [0, 0.05) is 0 Å². The molecule has 136 valence electrons. The van der Waals surface area contributed by atoms with Gasteiger partial charge in [-0.3, -0.25) is 0 Å². The maximum absolute atomic E-state index is 15.1. The summed E-state index contributed by atoms with van der Waals surface area (Å²) in [6.45, 7) is 0. The van der Waals surface area contributed by atoms with E-state index in [1.54, 1.807) is 6.07 Å². The number of nitrogens with zero attached hydrogens (tertiary/aromatic N) is 3. The molecule has 1 atom stereocenters. The lowest BCUT2D eigenvalue weighted by Crippen LogP contribution is -2.18. The van der Waals surface area contributed by atoms with E-state index in [-0.39, 0.29) is 11.3 Å². The average molecular weight is 369 g/mol. The van der Waals surface area contributed by atoms with Gasteiger partial charge in [-0.25, -0.2) is 18.3 Å². The number of hydrogen-bond donors (Lipinski definition) is 0. The molecular weight excluding hydrogens is 357 g/mol. The number of ether oxygens (including phenoxy) is 1. The molecule has 1 aromatic carbocycles. The first-order valence-electron chi connectivity index (χ1n) is 7.84. The molecule has 0 saturated heterocycles. The molecule has 26 heavy (non-hydrogen) atoms. The van der Waals surface area contributed by atoms with E-state index >= 15 is 4.39 Å². The number of rotatable bonds is 4. The summed E-state index contributed by atoms with van der Waals surface area (Å²) in [6.07, 6.45) is -3.53. The summed E-state index contributed by atoms with van der Waals surface area (Å²) in [4.78, 5) is 4.06. The minimum atomic E-state index is -5.02. The topological polar surface area (TPSA) is 39.4 Å². The molecule has 3 aromatic rings. The lowest BCUT2D eigenvalue weighted by molar-refractivity contribution is -0.275. The second-order valence-corrected chi connectivity index (χ2v) is 6.12. The third-order valence-corrected chi connectivity index (χ3v) is 4.21. The van der Waals surface area contributed by atoms with Crippen LogP contribution in [0, 0.1) is 5.82 Å². The predicted molar refractivity (Wildman–Crippen MR) is 81.0 cm³/mol. The molecule has 1 aliphatic carbocycles. The van der Waals surface area contributed by atoms with E-state index in [4.69, 9.17) is 0 Å². The summed E-state index contributed by atoms with van der Waals surface area (Å²) in [5.41, 5.74) is 1.39. The molecule has 0 aliphatic heterocycles. The summed E-state index contributed by atoms with van der Waals surface area (Å²) >= 11 is 0. The predicted octanol–water partition coefficient (Wildman–Crippen LogP) is 4.70. The highest BCUT2D eigenvalue weighted by atomic mass is 19.4. The maximum atomic E-state index is 15.1. The van der Waals surface area contributed by atoms with Gasteiger partial charge in [0.15, 0.2) is 23.4 Å². The summed E-state index contributed by atoms with van der Waals surface area (Å²) in [5, 5.41) is 3.97. The van der Waals surface area contributed by atoms with E-state index in [0.717, 1.165) is 30.5 Å². The van der Waals surface area contributed by atoms with E-state index < -0.39 is 24.1 Å². The van der Waals surface area contributed by atoms with Gasteiger partial charge >= 0.3 is 6.36 Å². The molecule has 1 unspecified atom stereocenters. The van der Waals surface area contributed by atoms with Gasteiger partial charge in [-0.15, -0.1) is 13.2 Å². The minimum Gasteiger partial charge on any atom is -0.403 e. The Hall–Kier alpha value is -2.71. The lowest BCUT2D eigenvalue weighted by Gasteiger charge is -2.14. The minimum absolute atomic E-state index is 0.137. The van der Waals surface area contributed by atoms with Crippen molar-refractivity contribution >= 4 is 5.65 Å². The van der Waals surface area contributed by atoms with Crippen LogP contribution in [0.3, 0.4) is 0 Å². The summed E-state index contributed by atoms with van der Waals surface area (Å²) in [7, 11) is 0. The van der Waals surface area contributed by atoms with Gasteiger partial charge in [-0.1, -0.05) is 6.07 Å². The van der Waals surface area contributed by atoms with Gasteiger partial charge in [0.25, 0.3) is 0 Å². The molecule has 9 heteroatoms. The third kappa shape index (κ3) is 3.21. The Balaban J connectivity index is 1.71. The molecule has 1 aliphatic rings. The largest absolute Gasteiger partial charge is 0.573 e. The zero-order valence-corrected chi connectivity index (χ0v) is 13.2. The molecule has 1 fully saturated rings. The zero-order valence-electron chi connectivity index (χ0n) is 13.2. The van der Waals surface area contributed by atoms with Gasteiger partial charge in [-0.2, -0.15) is 5.10 Å². The second-order valence-electron chi connectivity index (χ2n) is 6.12. The molecule has 0 amide bonds. The van der Waals surface area contributed by atoms with Crippen molar-refractivity contribution < 1.29 is 26.7 Å². The fourth-order valence-electron chi connectivity index (χ4n) is 2.86. The molecular formula is C17H12F5N3O. The standard InChI is InChI=1S/C17H12F5N3O/c18-12-5-10(3-4-14(12)26-17(20,21)22)16(19)13-6-11(9-1-2-9)7-15-23-8-24-25(13)15/h3-9,16H,1-2H2. The molecule has 0 radical (unpaired) electrons. The van der Waals surface area contributed by atoms with Crippen LogP contribution in [-0.4, -0.2) is 21.0 Å². The fraction of sp³-hybridized carbons (Fsp3) is 0.294. The first-order chi connectivity index (χ1) is 12.3. The van der Waals surface area contributed by atoms with Crippen molar-refractivity contribution in [1.29, 1.82) is 0 Å². The van der Waals surface area contributed by atoms with E-state index in [1.165, 1.54) is 10.8 Å². The van der Waals surface area contributed by atoms with E-state index in [0.29, 0.717) is 17.6 Å². The van der Waals surface area contributed by atoms with Crippen LogP contribution in [0.1, 0.15) is 41.8 Å². The highest BCUT2D eigenvalue weighted by molar-refractivity contribution is 5.46. The zero-order chi connectivity index (χ0) is 18.5. The van der Waals surface area contributed by atoms with Crippen molar-refractivity contribution in [3.05, 3.63) is 59.3 Å². The van der Waals surface area contributed by atoms with E-state index in [2.05, 4.69) is 14.8 Å². The molecule has 2 heterocycles. The Morgan fingerprint density at radius 3 is 2.58 bits per heavy atom. The SMILES string of the molecule is Fc1cc(C(F)c2cc(C3CC3)cc3ncnn23)ccc1OC(F)(F)F. The molecule has 0 bridgehead atoms. The van der Waals surface area contributed by atoms with Gasteiger partial charge in [-0.05, 0) is 54.2 Å². The molecule has 2 aromatic heterocycles. The quantitative estimate of drug-likeness (QED) is 0.626. The van der Waals surface area contributed by atoms with E-state index in [1.807, 2.05) is 6.07 Å². The first kappa shape index (κ1) is 16.7. The number of alkyl halides is 4. The Kier molecular flexibility index (Phi) is 3.82. The Morgan fingerprint density at radius 1 is 1.15 bits per heavy atom. The van der Waals surface area contributed by atoms with E-state index in [9.17, 15) is 17.6 Å². The van der Waals surface area contributed by atoms with Crippen molar-refractivity contribution in [3.63, 3.8) is 0 Å². The van der Waals surface area contributed by atoms with Crippen LogP contribution in [0.4, 0.5) is 22.0 Å². The highest BCUT2D eigenvalue weighted by Gasteiger charge is 2.33.